The Morgan fingerprint density at radius 2 is 2.22 bits per heavy atom. The summed E-state index contributed by atoms with van der Waals surface area (Å²) >= 11 is 0. The van der Waals surface area contributed by atoms with Gasteiger partial charge in [-0.2, -0.15) is 5.10 Å². The Bertz CT molecular complexity index is 317. The van der Waals surface area contributed by atoms with E-state index in [2.05, 4.69) is 17.0 Å². The fourth-order valence-corrected chi connectivity index (χ4v) is 2.81. The molecule has 2 rings (SSSR count). The van der Waals surface area contributed by atoms with Crippen molar-refractivity contribution in [3.8, 4) is 0 Å². The Morgan fingerprint density at radius 1 is 1.44 bits per heavy atom. The van der Waals surface area contributed by atoms with E-state index in [-0.39, 0.29) is 6.42 Å². The fraction of sp³-hybridized carbons (Fsp3) is 0.917. The predicted octanol–water partition coefficient (Wildman–Crippen LogP) is 2.25. The SMILES string of the molecule is CN1CCC2=NN(CCCC(F)(F)P)CC2CC1. The van der Waals surface area contributed by atoms with Crippen LogP contribution in [0.15, 0.2) is 5.10 Å². The van der Waals surface area contributed by atoms with E-state index in [9.17, 15) is 8.78 Å². The molecule has 2 atom stereocenters. The molecule has 2 unspecified atom stereocenters. The van der Waals surface area contributed by atoms with E-state index in [1.165, 1.54) is 5.71 Å². The van der Waals surface area contributed by atoms with Crippen molar-refractivity contribution in [3.05, 3.63) is 0 Å². The number of hydrogen-bond donors (Lipinski definition) is 0. The van der Waals surface area contributed by atoms with Crippen LogP contribution >= 0.6 is 9.24 Å². The normalized spacial score (nSPS) is 25.9. The molecule has 104 valence electrons. The lowest BCUT2D eigenvalue weighted by molar-refractivity contribution is 0.0872. The number of nitrogens with zero attached hydrogens (tertiary/aromatic N) is 3. The van der Waals surface area contributed by atoms with Gasteiger partial charge in [-0.1, -0.05) is 9.24 Å². The number of hydrogen-bond acceptors (Lipinski definition) is 3. The van der Waals surface area contributed by atoms with Crippen LogP contribution in [0.5, 0.6) is 0 Å². The molecular formula is C12H22F2N3P. The highest BCUT2D eigenvalue weighted by molar-refractivity contribution is 7.18. The first-order chi connectivity index (χ1) is 8.44. The van der Waals surface area contributed by atoms with Gasteiger partial charge in [0.15, 0.2) is 0 Å². The minimum absolute atomic E-state index is 0.0770. The van der Waals surface area contributed by atoms with E-state index in [0.717, 1.165) is 32.5 Å². The fourth-order valence-electron chi connectivity index (χ4n) is 2.61. The maximum absolute atomic E-state index is 12.7. The quantitative estimate of drug-likeness (QED) is 0.734. The number of rotatable bonds is 4. The van der Waals surface area contributed by atoms with Gasteiger partial charge in [0, 0.05) is 44.1 Å². The lowest BCUT2D eigenvalue weighted by Crippen LogP contribution is -2.23. The highest BCUT2D eigenvalue weighted by Gasteiger charge is 2.29. The molecule has 0 aliphatic carbocycles. The molecule has 1 saturated heterocycles. The molecule has 18 heavy (non-hydrogen) atoms. The van der Waals surface area contributed by atoms with E-state index in [1.54, 1.807) is 9.24 Å². The smallest absolute Gasteiger partial charge is 0.259 e. The summed E-state index contributed by atoms with van der Waals surface area (Å²) in [6.45, 7) is 3.75. The molecule has 0 N–H and O–H groups in total. The Labute approximate surface area is 110 Å². The van der Waals surface area contributed by atoms with Crippen LogP contribution in [0.1, 0.15) is 25.7 Å². The van der Waals surface area contributed by atoms with Gasteiger partial charge < -0.3 is 4.90 Å². The lowest BCUT2D eigenvalue weighted by Gasteiger charge is -2.18. The number of likely N-dealkylation sites (tertiary alicyclic amines) is 1. The van der Waals surface area contributed by atoms with E-state index in [1.807, 2.05) is 5.01 Å². The zero-order valence-electron chi connectivity index (χ0n) is 10.9. The summed E-state index contributed by atoms with van der Waals surface area (Å²) in [5.41, 5.74) is -1.35. The topological polar surface area (TPSA) is 18.8 Å². The Hall–Kier alpha value is -0.280. The van der Waals surface area contributed by atoms with Crippen LogP contribution in [-0.2, 0) is 0 Å². The number of fused-ring (bicyclic) bond motifs is 1. The van der Waals surface area contributed by atoms with E-state index < -0.39 is 5.66 Å². The zero-order chi connectivity index (χ0) is 13.2. The second-order valence-corrected chi connectivity index (χ2v) is 6.25. The van der Waals surface area contributed by atoms with Crippen molar-refractivity contribution in [2.45, 2.75) is 31.3 Å². The molecule has 3 nitrogen and oxygen atoms in total. The third-order valence-electron chi connectivity index (χ3n) is 3.71. The first kappa shape index (κ1) is 14.1. The highest BCUT2D eigenvalue weighted by atomic mass is 31.0. The minimum atomic E-state index is -2.63. The summed E-state index contributed by atoms with van der Waals surface area (Å²) in [4.78, 5) is 2.33. The monoisotopic (exact) mass is 277 g/mol. The van der Waals surface area contributed by atoms with Crippen LogP contribution in [0.25, 0.3) is 0 Å². The van der Waals surface area contributed by atoms with Gasteiger partial charge in [0.2, 0.25) is 0 Å². The second-order valence-electron chi connectivity index (χ2n) is 5.41. The number of alkyl halides is 2. The average molecular weight is 277 g/mol. The second kappa shape index (κ2) is 5.79. The van der Waals surface area contributed by atoms with Gasteiger partial charge in [0.05, 0.1) is 0 Å². The van der Waals surface area contributed by atoms with Gasteiger partial charge in [-0.15, -0.1) is 0 Å². The van der Waals surface area contributed by atoms with E-state index >= 15 is 0 Å². The van der Waals surface area contributed by atoms with Crippen LogP contribution in [0.2, 0.25) is 0 Å². The number of halogens is 2. The van der Waals surface area contributed by atoms with Crippen molar-refractivity contribution < 1.29 is 8.78 Å². The van der Waals surface area contributed by atoms with Gasteiger partial charge in [0.1, 0.15) is 0 Å². The molecule has 0 bridgehead atoms. The maximum Gasteiger partial charge on any atom is 0.259 e. The van der Waals surface area contributed by atoms with Gasteiger partial charge >= 0.3 is 0 Å². The molecule has 0 amide bonds. The zero-order valence-corrected chi connectivity index (χ0v) is 12.1. The van der Waals surface area contributed by atoms with Crippen LogP contribution < -0.4 is 0 Å². The van der Waals surface area contributed by atoms with Gasteiger partial charge in [-0.3, -0.25) is 5.01 Å². The first-order valence-electron chi connectivity index (χ1n) is 6.61. The van der Waals surface area contributed by atoms with Crippen molar-refractivity contribution in [1.29, 1.82) is 0 Å². The van der Waals surface area contributed by atoms with Crippen molar-refractivity contribution in [3.63, 3.8) is 0 Å². The lowest BCUT2D eigenvalue weighted by atomic mass is 10.00. The van der Waals surface area contributed by atoms with Crippen LogP contribution in [0, 0.1) is 5.92 Å². The molecule has 0 radical (unpaired) electrons. The average Bonchev–Trinajstić information content (AvgIpc) is 2.56. The van der Waals surface area contributed by atoms with Gasteiger partial charge in [-0.05, 0) is 26.4 Å². The predicted molar refractivity (Wildman–Crippen MR) is 73.1 cm³/mol. The summed E-state index contributed by atoms with van der Waals surface area (Å²) in [6, 6.07) is 0. The van der Waals surface area contributed by atoms with Crippen LogP contribution in [0.3, 0.4) is 0 Å². The highest BCUT2D eigenvalue weighted by Crippen LogP contribution is 2.28. The molecule has 0 aromatic rings. The van der Waals surface area contributed by atoms with Crippen LogP contribution in [0.4, 0.5) is 8.78 Å². The van der Waals surface area contributed by atoms with Crippen molar-refractivity contribution >= 4 is 15.0 Å². The summed E-state index contributed by atoms with van der Waals surface area (Å²) in [6.07, 6.45) is 2.59. The molecule has 0 aromatic heterocycles. The maximum atomic E-state index is 12.7. The van der Waals surface area contributed by atoms with Gasteiger partial charge in [0.25, 0.3) is 5.66 Å². The van der Waals surface area contributed by atoms with Crippen molar-refractivity contribution in [2.75, 3.05) is 33.2 Å². The summed E-state index contributed by atoms with van der Waals surface area (Å²) in [5.74, 6) is 0.548. The largest absolute Gasteiger partial charge is 0.306 e. The molecule has 2 aliphatic rings. The molecule has 1 fully saturated rings. The van der Waals surface area contributed by atoms with Gasteiger partial charge in [-0.25, -0.2) is 8.78 Å². The van der Waals surface area contributed by atoms with Crippen molar-refractivity contribution in [2.24, 2.45) is 11.0 Å². The molecule has 0 spiro atoms. The molecule has 2 heterocycles. The summed E-state index contributed by atoms with van der Waals surface area (Å²) in [5, 5.41) is 6.58. The Morgan fingerprint density at radius 3 is 2.94 bits per heavy atom. The molecule has 0 aromatic carbocycles. The summed E-state index contributed by atoms with van der Waals surface area (Å²) < 4.78 is 25.4. The summed E-state index contributed by atoms with van der Waals surface area (Å²) in [7, 11) is 3.74. The standard InChI is InChI=1S/C12H22F2N3P/c1-16-7-3-10-9-17(15-11(10)4-8-16)6-2-5-12(13,14)18/h10H,2-9,18H2,1H3. The third kappa shape index (κ3) is 4.13. The molecular weight excluding hydrogens is 255 g/mol. The molecule has 6 heteroatoms. The van der Waals surface area contributed by atoms with E-state index in [4.69, 9.17) is 0 Å². The Kier molecular flexibility index (Phi) is 4.54. The van der Waals surface area contributed by atoms with Crippen LogP contribution in [-0.4, -0.2) is 54.5 Å². The van der Waals surface area contributed by atoms with Crippen molar-refractivity contribution in [1.82, 2.24) is 9.91 Å². The Balaban J connectivity index is 1.79. The molecule has 0 saturated carbocycles. The van der Waals surface area contributed by atoms with E-state index in [0.29, 0.717) is 18.9 Å². The number of hydrazone groups is 1. The first-order valence-corrected chi connectivity index (χ1v) is 7.19. The third-order valence-corrected chi connectivity index (χ3v) is 4.00. The minimum Gasteiger partial charge on any atom is -0.306 e. The molecule has 2 aliphatic heterocycles.